The zero-order valence-corrected chi connectivity index (χ0v) is 21.1. The van der Waals surface area contributed by atoms with Crippen LogP contribution in [0, 0.1) is 0 Å². The Kier molecular flexibility index (Phi) is 4.11. The van der Waals surface area contributed by atoms with E-state index >= 15 is 0 Å². The van der Waals surface area contributed by atoms with Gasteiger partial charge in [-0.3, -0.25) is 0 Å². The highest BCUT2D eigenvalue weighted by atomic mass is 16.5. The number of rotatable bonds is 2. The quantitative estimate of drug-likeness (QED) is 0.217. The van der Waals surface area contributed by atoms with E-state index in [0.717, 1.165) is 28.2 Å². The van der Waals surface area contributed by atoms with Crippen molar-refractivity contribution in [3.8, 4) is 44.9 Å². The standard InChI is InChI=1S/C38H22O/c1-2-10-34-31(8-1)32-9-4-7-27-18-21-30(38(39-34)37(27)32)24-13-11-23(12-14-24)29-20-17-28-16-15-25-5-3-6-26-19-22-33(29)36(28)35(25)26/h1-22H. The highest BCUT2D eigenvalue weighted by Crippen LogP contribution is 2.50. The molecule has 0 saturated heterocycles. The van der Waals surface area contributed by atoms with Gasteiger partial charge in [-0.05, 0) is 72.1 Å². The van der Waals surface area contributed by atoms with Gasteiger partial charge < -0.3 is 4.74 Å². The fraction of sp³-hybridized carbons (Fsp3) is 0. The summed E-state index contributed by atoms with van der Waals surface area (Å²) in [6.07, 6.45) is 0. The van der Waals surface area contributed by atoms with Crippen LogP contribution in [0.15, 0.2) is 133 Å². The van der Waals surface area contributed by atoms with E-state index in [4.69, 9.17) is 4.74 Å². The number of hydrogen-bond acceptors (Lipinski definition) is 1. The number of hydrogen-bond donors (Lipinski definition) is 0. The summed E-state index contributed by atoms with van der Waals surface area (Å²) in [4.78, 5) is 0. The maximum Gasteiger partial charge on any atom is 0.143 e. The zero-order chi connectivity index (χ0) is 25.5. The normalized spacial score (nSPS) is 12.3. The van der Waals surface area contributed by atoms with Crippen LogP contribution < -0.4 is 4.74 Å². The van der Waals surface area contributed by atoms with E-state index in [9.17, 15) is 0 Å². The van der Waals surface area contributed by atoms with Gasteiger partial charge in [-0.15, -0.1) is 0 Å². The molecule has 1 aliphatic heterocycles. The van der Waals surface area contributed by atoms with Gasteiger partial charge in [0.15, 0.2) is 0 Å². The monoisotopic (exact) mass is 494 g/mol. The molecule has 0 bridgehead atoms. The predicted molar refractivity (Wildman–Crippen MR) is 164 cm³/mol. The van der Waals surface area contributed by atoms with Crippen LogP contribution in [0.3, 0.4) is 0 Å². The Labute approximate surface area is 225 Å². The number of benzene rings is 8. The minimum absolute atomic E-state index is 0.912. The first-order chi connectivity index (χ1) is 19.3. The van der Waals surface area contributed by atoms with Crippen molar-refractivity contribution in [3.05, 3.63) is 133 Å². The van der Waals surface area contributed by atoms with Gasteiger partial charge in [0, 0.05) is 16.5 Å². The van der Waals surface area contributed by atoms with Crippen LogP contribution in [-0.4, -0.2) is 0 Å². The van der Waals surface area contributed by atoms with E-state index in [1.807, 2.05) is 6.07 Å². The molecule has 9 rings (SSSR count). The molecule has 0 fully saturated rings. The summed E-state index contributed by atoms with van der Waals surface area (Å²) < 4.78 is 6.57. The molecular formula is C38H22O. The topological polar surface area (TPSA) is 9.23 Å². The van der Waals surface area contributed by atoms with Crippen LogP contribution in [0.4, 0.5) is 0 Å². The largest absolute Gasteiger partial charge is 0.455 e. The maximum absolute atomic E-state index is 6.57. The van der Waals surface area contributed by atoms with Gasteiger partial charge in [0.25, 0.3) is 0 Å². The van der Waals surface area contributed by atoms with E-state index in [1.165, 1.54) is 59.8 Å². The Bertz CT molecular complexity index is 2220. The summed E-state index contributed by atoms with van der Waals surface area (Å²) >= 11 is 0. The molecule has 0 saturated carbocycles. The molecule has 180 valence electrons. The summed E-state index contributed by atoms with van der Waals surface area (Å²) in [6, 6.07) is 48.3. The predicted octanol–water partition coefficient (Wildman–Crippen LogP) is 10.8. The first-order valence-corrected chi connectivity index (χ1v) is 13.4. The molecule has 0 spiro atoms. The average Bonchev–Trinajstić information content (AvgIpc) is 3.00. The van der Waals surface area contributed by atoms with Gasteiger partial charge in [-0.25, -0.2) is 0 Å². The lowest BCUT2D eigenvalue weighted by molar-refractivity contribution is 0.489. The Hall–Kier alpha value is -5.14. The van der Waals surface area contributed by atoms with Crippen molar-refractivity contribution in [1.82, 2.24) is 0 Å². The van der Waals surface area contributed by atoms with E-state index in [-0.39, 0.29) is 0 Å². The van der Waals surface area contributed by atoms with Gasteiger partial charge in [-0.2, -0.15) is 0 Å². The number of ether oxygens (including phenoxy) is 1. The minimum atomic E-state index is 0.912. The molecule has 0 aliphatic carbocycles. The molecule has 0 aromatic heterocycles. The first-order valence-electron chi connectivity index (χ1n) is 13.4. The van der Waals surface area contributed by atoms with Gasteiger partial charge >= 0.3 is 0 Å². The fourth-order valence-corrected chi connectivity index (χ4v) is 6.61. The molecule has 8 aromatic carbocycles. The van der Waals surface area contributed by atoms with Gasteiger partial charge in [0.2, 0.25) is 0 Å². The summed E-state index contributed by atoms with van der Waals surface area (Å²) in [5.74, 6) is 1.85. The number of fused-ring (bicyclic) bond motifs is 2. The van der Waals surface area contributed by atoms with Crippen molar-refractivity contribution in [2.45, 2.75) is 0 Å². The highest BCUT2D eigenvalue weighted by Gasteiger charge is 2.22. The van der Waals surface area contributed by atoms with Crippen molar-refractivity contribution in [2.75, 3.05) is 0 Å². The third kappa shape index (κ3) is 2.90. The molecular weight excluding hydrogens is 472 g/mol. The summed E-state index contributed by atoms with van der Waals surface area (Å²) in [5.41, 5.74) is 7.14. The van der Waals surface area contributed by atoms with Crippen LogP contribution in [0.5, 0.6) is 11.5 Å². The SMILES string of the molecule is c1ccc2c(c1)Oc1c(-c3ccc(-c4ccc5ccc6cccc7ccc4c5c67)cc3)ccc3cccc-2c13. The van der Waals surface area contributed by atoms with E-state index < -0.39 is 0 Å². The summed E-state index contributed by atoms with van der Waals surface area (Å²) in [6.45, 7) is 0. The highest BCUT2D eigenvalue weighted by molar-refractivity contribution is 6.25. The molecule has 8 aromatic rings. The zero-order valence-electron chi connectivity index (χ0n) is 21.1. The third-order valence-corrected chi connectivity index (χ3v) is 8.42. The minimum Gasteiger partial charge on any atom is -0.455 e. The van der Waals surface area contributed by atoms with Crippen molar-refractivity contribution >= 4 is 43.1 Å². The molecule has 0 radical (unpaired) electrons. The maximum atomic E-state index is 6.57. The van der Waals surface area contributed by atoms with Crippen molar-refractivity contribution in [2.24, 2.45) is 0 Å². The van der Waals surface area contributed by atoms with E-state index in [2.05, 4.69) is 127 Å². The van der Waals surface area contributed by atoms with E-state index in [1.54, 1.807) is 0 Å². The molecule has 39 heavy (non-hydrogen) atoms. The molecule has 1 aliphatic rings. The smallest absolute Gasteiger partial charge is 0.143 e. The Morgan fingerprint density at radius 2 is 0.897 bits per heavy atom. The molecule has 1 heterocycles. The van der Waals surface area contributed by atoms with Crippen LogP contribution in [0.2, 0.25) is 0 Å². The van der Waals surface area contributed by atoms with Crippen molar-refractivity contribution in [1.29, 1.82) is 0 Å². The summed E-state index contributed by atoms with van der Waals surface area (Å²) in [5, 5.41) is 10.3. The molecule has 0 atom stereocenters. The van der Waals surface area contributed by atoms with Crippen LogP contribution in [-0.2, 0) is 0 Å². The third-order valence-electron chi connectivity index (χ3n) is 8.42. The van der Waals surface area contributed by atoms with Crippen molar-refractivity contribution < 1.29 is 4.74 Å². The molecule has 0 amide bonds. The fourth-order valence-electron chi connectivity index (χ4n) is 6.61. The van der Waals surface area contributed by atoms with Crippen molar-refractivity contribution in [3.63, 3.8) is 0 Å². The second-order valence-corrected chi connectivity index (χ2v) is 10.5. The van der Waals surface area contributed by atoms with Crippen LogP contribution in [0.25, 0.3) is 76.5 Å². The van der Waals surface area contributed by atoms with Crippen LogP contribution >= 0.6 is 0 Å². The molecule has 1 nitrogen and oxygen atoms in total. The second-order valence-electron chi connectivity index (χ2n) is 10.5. The Morgan fingerprint density at radius 3 is 1.69 bits per heavy atom. The Morgan fingerprint density at radius 1 is 0.333 bits per heavy atom. The molecule has 1 heteroatoms. The lowest BCUT2D eigenvalue weighted by Crippen LogP contribution is -1.98. The Balaban J connectivity index is 1.21. The number of para-hydroxylation sites is 1. The lowest BCUT2D eigenvalue weighted by Gasteiger charge is -2.23. The average molecular weight is 495 g/mol. The van der Waals surface area contributed by atoms with Gasteiger partial charge in [0.1, 0.15) is 11.5 Å². The summed E-state index contributed by atoms with van der Waals surface area (Å²) in [7, 11) is 0. The van der Waals surface area contributed by atoms with Gasteiger partial charge in [-0.1, -0.05) is 121 Å². The lowest BCUT2D eigenvalue weighted by atomic mass is 9.89. The van der Waals surface area contributed by atoms with E-state index in [0.29, 0.717) is 0 Å². The first kappa shape index (κ1) is 20.9. The molecule has 0 unspecified atom stereocenters. The second kappa shape index (κ2) is 7.69. The molecule has 0 N–H and O–H groups in total. The van der Waals surface area contributed by atoms with Gasteiger partial charge in [0.05, 0.1) is 0 Å². The van der Waals surface area contributed by atoms with Crippen LogP contribution in [0.1, 0.15) is 0 Å².